The topological polar surface area (TPSA) is 43.6 Å². The summed E-state index contributed by atoms with van der Waals surface area (Å²) >= 11 is 0. The van der Waals surface area contributed by atoms with Crippen molar-refractivity contribution >= 4 is 64.9 Å². The minimum atomic E-state index is 0.624. The maximum atomic E-state index is 5.42. The largest absolute Gasteiger partial charge is 0.308 e. The fraction of sp³-hybridized carbons (Fsp3) is 0. The third kappa shape index (κ3) is 4.66. The smallest absolute Gasteiger partial charge is 0.166 e. The van der Waals surface area contributed by atoms with Crippen LogP contribution < -0.4 is 0 Å². The van der Waals surface area contributed by atoms with Gasteiger partial charge in [-0.3, -0.25) is 0 Å². The summed E-state index contributed by atoms with van der Waals surface area (Å²) in [6.07, 6.45) is 0. The molecule has 0 atom stereocenters. The molecule has 0 aliphatic rings. The van der Waals surface area contributed by atoms with Crippen LogP contribution in [0.4, 0.5) is 0 Å². The molecule has 2 aromatic heterocycles. The number of nitrogens with zero attached hydrogens (tertiary/aromatic N) is 4. The molecule has 0 saturated heterocycles. The quantitative estimate of drug-likeness (QED) is 0.175. The number of rotatable bonds is 4. The SMILES string of the molecule is c1ccc(-c2nc(-c3cc4ccccc4cc3-n3c4ccccc4c4ccccc43)nc(-c3cc4ccc5ccccc5c4c4ccccc34)n2)cc1. The second-order valence-corrected chi connectivity index (χ2v) is 13.6. The monoisotopic (exact) mass is 674 g/mol. The van der Waals surface area contributed by atoms with E-state index in [1.807, 2.05) is 18.2 Å². The Morgan fingerprint density at radius 3 is 1.53 bits per heavy atom. The molecule has 4 nitrogen and oxygen atoms in total. The first kappa shape index (κ1) is 29.5. The van der Waals surface area contributed by atoms with E-state index in [2.05, 4.69) is 168 Å². The highest BCUT2D eigenvalue weighted by molar-refractivity contribution is 6.23. The lowest BCUT2D eigenvalue weighted by atomic mass is 9.93. The fourth-order valence-electron chi connectivity index (χ4n) is 8.17. The van der Waals surface area contributed by atoms with Crippen molar-refractivity contribution in [2.24, 2.45) is 0 Å². The highest BCUT2D eigenvalue weighted by Gasteiger charge is 2.21. The molecule has 0 amide bonds. The molecule has 0 fully saturated rings. The number of para-hydroxylation sites is 2. The minimum Gasteiger partial charge on any atom is -0.308 e. The Labute approximate surface area is 305 Å². The van der Waals surface area contributed by atoms with Gasteiger partial charge in [-0.2, -0.15) is 0 Å². The van der Waals surface area contributed by atoms with Gasteiger partial charge in [-0.25, -0.2) is 15.0 Å². The maximum Gasteiger partial charge on any atom is 0.166 e. The number of fused-ring (bicyclic) bond motifs is 9. The third-order valence-electron chi connectivity index (χ3n) is 10.6. The number of hydrogen-bond acceptors (Lipinski definition) is 3. The lowest BCUT2D eigenvalue weighted by Crippen LogP contribution is -2.04. The molecule has 4 heteroatoms. The van der Waals surface area contributed by atoms with E-state index in [0.29, 0.717) is 17.5 Å². The van der Waals surface area contributed by atoms with E-state index in [1.54, 1.807) is 0 Å². The van der Waals surface area contributed by atoms with Crippen molar-refractivity contribution in [1.29, 1.82) is 0 Å². The van der Waals surface area contributed by atoms with Crippen LogP contribution in [0.3, 0.4) is 0 Å². The van der Waals surface area contributed by atoms with Crippen LogP contribution in [0.2, 0.25) is 0 Å². The molecule has 0 spiro atoms. The van der Waals surface area contributed by atoms with Gasteiger partial charge in [-0.15, -0.1) is 0 Å². The van der Waals surface area contributed by atoms with Gasteiger partial charge in [0.2, 0.25) is 0 Å². The molecule has 0 radical (unpaired) electrons. The summed E-state index contributed by atoms with van der Waals surface area (Å²) in [5.41, 5.74) is 6.14. The van der Waals surface area contributed by atoms with Crippen molar-refractivity contribution in [2.45, 2.75) is 0 Å². The lowest BCUT2D eigenvalue weighted by molar-refractivity contribution is 1.07. The van der Waals surface area contributed by atoms with E-state index in [4.69, 9.17) is 15.0 Å². The summed E-state index contributed by atoms with van der Waals surface area (Å²) in [5.74, 6) is 1.90. The predicted octanol–water partition coefficient (Wildman–Crippen LogP) is 12.6. The van der Waals surface area contributed by atoms with Gasteiger partial charge in [0, 0.05) is 27.5 Å². The van der Waals surface area contributed by atoms with Gasteiger partial charge in [0.25, 0.3) is 0 Å². The van der Waals surface area contributed by atoms with Crippen molar-refractivity contribution < 1.29 is 0 Å². The summed E-state index contributed by atoms with van der Waals surface area (Å²) < 4.78 is 2.37. The maximum absolute atomic E-state index is 5.42. The number of hydrogen-bond donors (Lipinski definition) is 0. The predicted molar refractivity (Wildman–Crippen MR) is 220 cm³/mol. The minimum absolute atomic E-state index is 0.624. The van der Waals surface area contributed by atoms with E-state index in [9.17, 15) is 0 Å². The average molecular weight is 675 g/mol. The van der Waals surface area contributed by atoms with Crippen LogP contribution in [0.1, 0.15) is 0 Å². The van der Waals surface area contributed by atoms with E-state index >= 15 is 0 Å². The van der Waals surface area contributed by atoms with Gasteiger partial charge in [0.1, 0.15) is 0 Å². The normalized spacial score (nSPS) is 11.8. The molecule has 0 aliphatic heterocycles. The molecule has 0 N–H and O–H groups in total. The fourth-order valence-corrected chi connectivity index (χ4v) is 8.17. The van der Waals surface area contributed by atoms with E-state index in [1.165, 1.54) is 32.3 Å². The van der Waals surface area contributed by atoms with Crippen LogP contribution in [0, 0.1) is 0 Å². The first-order valence-electron chi connectivity index (χ1n) is 18.0. The van der Waals surface area contributed by atoms with Crippen molar-refractivity contribution in [1.82, 2.24) is 19.5 Å². The van der Waals surface area contributed by atoms with Gasteiger partial charge < -0.3 is 4.57 Å². The summed E-state index contributed by atoms with van der Waals surface area (Å²) in [6.45, 7) is 0. The highest BCUT2D eigenvalue weighted by Crippen LogP contribution is 2.41. The van der Waals surface area contributed by atoms with Crippen LogP contribution in [0.25, 0.3) is 105 Å². The van der Waals surface area contributed by atoms with Gasteiger partial charge in [0.05, 0.1) is 16.7 Å². The zero-order valence-electron chi connectivity index (χ0n) is 28.6. The molecule has 0 bridgehead atoms. The lowest BCUT2D eigenvalue weighted by Gasteiger charge is -2.17. The van der Waals surface area contributed by atoms with Crippen molar-refractivity contribution in [3.8, 4) is 39.9 Å². The first-order valence-corrected chi connectivity index (χ1v) is 18.0. The zero-order valence-corrected chi connectivity index (χ0v) is 28.6. The summed E-state index contributed by atoms with van der Waals surface area (Å²) in [7, 11) is 0. The second-order valence-electron chi connectivity index (χ2n) is 13.6. The Morgan fingerprint density at radius 1 is 0.321 bits per heavy atom. The van der Waals surface area contributed by atoms with Gasteiger partial charge in [0.15, 0.2) is 17.5 Å². The van der Waals surface area contributed by atoms with Crippen LogP contribution in [-0.2, 0) is 0 Å². The van der Waals surface area contributed by atoms with Crippen LogP contribution in [0.5, 0.6) is 0 Å². The summed E-state index contributed by atoms with van der Waals surface area (Å²) in [4.78, 5) is 15.9. The summed E-state index contributed by atoms with van der Waals surface area (Å²) in [5, 5.41) is 11.8. The van der Waals surface area contributed by atoms with Crippen LogP contribution in [0.15, 0.2) is 182 Å². The van der Waals surface area contributed by atoms with Gasteiger partial charge in [-0.05, 0) is 73.4 Å². The van der Waals surface area contributed by atoms with E-state index in [0.717, 1.165) is 55.0 Å². The first-order chi connectivity index (χ1) is 26.3. The third-order valence-corrected chi connectivity index (χ3v) is 10.6. The Morgan fingerprint density at radius 2 is 0.811 bits per heavy atom. The van der Waals surface area contributed by atoms with Crippen LogP contribution >= 0.6 is 0 Å². The van der Waals surface area contributed by atoms with Crippen LogP contribution in [-0.4, -0.2) is 19.5 Å². The highest BCUT2D eigenvalue weighted by atomic mass is 15.1. The molecule has 0 aliphatic carbocycles. The molecule has 53 heavy (non-hydrogen) atoms. The number of benzene rings is 9. The molecule has 246 valence electrons. The molecule has 9 aromatic carbocycles. The molecule has 0 saturated carbocycles. The standard InChI is InChI=1S/C49H30N4/c1-2-15-32(16-3-1)47-50-48(41-29-35-27-26-31-14-6-7-19-36(31)46(35)40-23-9-8-20-37(40)41)52-49(51-47)42-28-33-17-4-5-18-34(33)30-45(42)53-43-24-12-10-21-38(43)39-22-11-13-25-44(39)53/h1-30H. The molecule has 11 aromatic rings. The van der Waals surface area contributed by atoms with Crippen molar-refractivity contribution in [2.75, 3.05) is 0 Å². The molecule has 11 rings (SSSR count). The Kier molecular flexibility index (Phi) is 6.52. The molecule has 0 unspecified atom stereocenters. The van der Waals surface area contributed by atoms with E-state index in [-0.39, 0.29) is 0 Å². The second kappa shape index (κ2) is 11.7. The van der Waals surface area contributed by atoms with Gasteiger partial charge in [-0.1, -0.05) is 152 Å². The molecule has 2 heterocycles. The zero-order chi connectivity index (χ0) is 34.9. The molecular weight excluding hydrogens is 645 g/mol. The van der Waals surface area contributed by atoms with Crippen molar-refractivity contribution in [3.05, 3.63) is 182 Å². The number of aromatic nitrogens is 4. The average Bonchev–Trinajstić information content (AvgIpc) is 3.57. The Hall–Kier alpha value is -7.17. The Balaban J connectivity index is 1.25. The molecular formula is C49H30N4. The van der Waals surface area contributed by atoms with Gasteiger partial charge >= 0.3 is 0 Å². The van der Waals surface area contributed by atoms with Crippen molar-refractivity contribution in [3.63, 3.8) is 0 Å². The Bertz CT molecular complexity index is 3180. The summed E-state index contributed by atoms with van der Waals surface area (Å²) in [6, 6.07) is 64.5. The van der Waals surface area contributed by atoms with E-state index < -0.39 is 0 Å².